The van der Waals surface area contributed by atoms with Crippen molar-refractivity contribution < 1.29 is 9.53 Å². The molecule has 0 radical (unpaired) electrons. The molecule has 0 aliphatic heterocycles. The summed E-state index contributed by atoms with van der Waals surface area (Å²) >= 11 is 0. The monoisotopic (exact) mass is 400 g/mol. The van der Waals surface area contributed by atoms with Crippen molar-refractivity contribution in [3.63, 3.8) is 0 Å². The first-order valence-electron chi connectivity index (χ1n) is 6.77. The Morgan fingerprint density at radius 2 is 1.95 bits per heavy atom. The van der Waals surface area contributed by atoms with Crippen LogP contribution in [-0.4, -0.2) is 63.7 Å². The van der Waals surface area contributed by atoms with Gasteiger partial charge in [0.2, 0.25) is 5.91 Å². The molecule has 7 heteroatoms. The molecule has 0 rings (SSSR count). The van der Waals surface area contributed by atoms with Crippen LogP contribution >= 0.6 is 24.0 Å². The van der Waals surface area contributed by atoms with Gasteiger partial charge in [0.15, 0.2) is 5.96 Å². The number of hydrogen-bond acceptors (Lipinski definition) is 3. The van der Waals surface area contributed by atoms with Gasteiger partial charge in [0.25, 0.3) is 0 Å². The summed E-state index contributed by atoms with van der Waals surface area (Å²) in [5, 5.41) is 6.22. The Morgan fingerprint density at radius 3 is 2.45 bits per heavy atom. The van der Waals surface area contributed by atoms with Crippen LogP contribution in [0.15, 0.2) is 4.99 Å². The number of carbonyl (C=O) groups is 1. The molecule has 120 valence electrons. The molecule has 0 saturated carbocycles. The van der Waals surface area contributed by atoms with Gasteiger partial charge in [-0.05, 0) is 12.8 Å². The molecule has 2 N–H and O–H groups in total. The van der Waals surface area contributed by atoms with Crippen LogP contribution in [-0.2, 0) is 9.53 Å². The van der Waals surface area contributed by atoms with E-state index in [2.05, 4.69) is 29.5 Å². The Balaban J connectivity index is 0. The molecule has 0 bridgehead atoms. The van der Waals surface area contributed by atoms with Crippen molar-refractivity contribution in [2.24, 2.45) is 10.9 Å². The molecule has 0 spiro atoms. The summed E-state index contributed by atoms with van der Waals surface area (Å²) in [4.78, 5) is 17.2. The number of hydrogen-bond donors (Lipinski definition) is 2. The van der Waals surface area contributed by atoms with Gasteiger partial charge in [-0.2, -0.15) is 0 Å². The molecule has 0 fully saturated rings. The highest BCUT2D eigenvalue weighted by Gasteiger charge is 2.03. The average molecular weight is 400 g/mol. The van der Waals surface area contributed by atoms with Crippen molar-refractivity contribution in [2.75, 3.05) is 46.9 Å². The minimum atomic E-state index is -0.0201. The fraction of sp³-hybridized carbons (Fsp3) is 0.846. The van der Waals surface area contributed by atoms with E-state index in [0.29, 0.717) is 25.0 Å². The summed E-state index contributed by atoms with van der Waals surface area (Å²) in [6.45, 7) is 9.19. The number of halogens is 1. The van der Waals surface area contributed by atoms with E-state index < -0.39 is 0 Å². The van der Waals surface area contributed by atoms with E-state index in [9.17, 15) is 4.79 Å². The number of nitrogens with zero attached hydrogens (tertiary/aromatic N) is 2. The van der Waals surface area contributed by atoms with E-state index in [4.69, 9.17) is 4.74 Å². The Morgan fingerprint density at radius 1 is 1.30 bits per heavy atom. The molecule has 0 aliphatic rings. The lowest BCUT2D eigenvalue weighted by molar-refractivity contribution is -0.127. The Hall–Kier alpha value is -0.570. The van der Waals surface area contributed by atoms with Crippen LogP contribution in [0.5, 0.6) is 0 Å². The van der Waals surface area contributed by atoms with Crippen molar-refractivity contribution >= 4 is 35.8 Å². The van der Waals surface area contributed by atoms with Crippen LogP contribution in [0.2, 0.25) is 0 Å². The normalized spacial score (nSPS) is 11.0. The number of ether oxygens (including phenoxy) is 1. The molecule has 0 aromatic heterocycles. The van der Waals surface area contributed by atoms with Gasteiger partial charge in [-0.15, -0.1) is 24.0 Å². The van der Waals surface area contributed by atoms with E-state index in [1.807, 2.05) is 6.92 Å². The third-order valence-electron chi connectivity index (χ3n) is 2.21. The lowest BCUT2D eigenvalue weighted by atomic mass is 10.2. The highest BCUT2D eigenvalue weighted by atomic mass is 127. The first-order valence-corrected chi connectivity index (χ1v) is 6.77. The molecule has 0 aromatic rings. The van der Waals surface area contributed by atoms with Gasteiger partial charge in [0, 0.05) is 33.8 Å². The molecule has 0 aromatic carbocycles. The average Bonchev–Trinajstić information content (AvgIpc) is 2.34. The SMILES string of the molecule is CCNC(=NCC(=O)N(C)C)NCCOCC(C)C.I. The maximum atomic E-state index is 11.4. The second-order valence-corrected chi connectivity index (χ2v) is 4.88. The van der Waals surface area contributed by atoms with Crippen molar-refractivity contribution in [3.8, 4) is 0 Å². The van der Waals surface area contributed by atoms with Gasteiger partial charge < -0.3 is 20.3 Å². The molecule has 0 heterocycles. The number of nitrogens with one attached hydrogen (secondary N) is 2. The highest BCUT2D eigenvalue weighted by molar-refractivity contribution is 14.0. The third-order valence-corrected chi connectivity index (χ3v) is 2.21. The molecule has 0 unspecified atom stereocenters. The molecule has 1 amide bonds. The van der Waals surface area contributed by atoms with Gasteiger partial charge in [0.05, 0.1) is 6.61 Å². The zero-order chi connectivity index (χ0) is 14.7. The predicted molar refractivity (Wildman–Crippen MR) is 93.7 cm³/mol. The summed E-state index contributed by atoms with van der Waals surface area (Å²) in [5.74, 6) is 1.17. The number of carbonyl (C=O) groups excluding carboxylic acids is 1. The minimum Gasteiger partial charge on any atom is -0.379 e. The lowest BCUT2D eigenvalue weighted by Gasteiger charge is -2.13. The molecular formula is C13H29IN4O2. The summed E-state index contributed by atoms with van der Waals surface area (Å²) in [5.41, 5.74) is 0. The van der Waals surface area contributed by atoms with Crippen LogP contribution in [0.4, 0.5) is 0 Å². The maximum absolute atomic E-state index is 11.4. The lowest BCUT2D eigenvalue weighted by Crippen LogP contribution is -2.40. The molecule has 20 heavy (non-hydrogen) atoms. The summed E-state index contributed by atoms with van der Waals surface area (Å²) in [6.07, 6.45) is 0. The van der Waals surface area contributed by atoms with Crippen molar-refractivity contribution in [1.29, 1.82) is 0 Å². The van der Waals surface area contributed by atoms with Crippen molar-refractivity contribution in [2.45, 2.75) is 20.8 Å². The first-order chi connectivity index (χ1) is 8.97. The fourth-order valence-electron chi connectivity index (χ4n) is 1.19. The van der Waals surface area contributed by atoms with Crippen LogP contribution < -0.4 is 10.6 Å². The smallest absolute Gasteiger partial charge is 0.243 e. The molecule has 0 saturated heterocycles. The summed E-state index contributed by atoms with van der Waals surface area (Å²) in [7, 11) is 3.44. The van der Waals surface area contributed by atoms with E-state index in [1.54, 1.807) is 14.1 Å². The highest BCUT2D eigenvalue weighted by Crippen LogP contribution is 1.91. The number of likely N-dealkylation sites (N-methyl/N-ethyl adjacent to an activating group) is 1. The predicted octanol–water partition coefficient (Wildman–Crippen LogP) is 0.920. The van der Waals surface area contributed by atoms with Gasteiger partial charge in [-0.3, -0.25) is 4.79 Å². The number of rotatable bonds is 8. The van der Waals surface area contributed by atoms with Gasteiger partial charge in [-0.1, -0.05) is 13.8 Å². The van der Waals surface area contributed by atoms with E-state index in [1.165, 1.54) is 4.90 Å². The molecule has 0 aliphatic carbocycles. The number of guanidine groups is 1. The zero-order valence-corrected chi connectivity index (χ0v) is 15.6. The topological polar surface area (TPSA) is 66.0 Å². The summed E-state index contributed by atoms with van der Waals surface area (Å²) < 4.78 is 5.47. The van der Waals surface area contributed by atoms with E-state index in [0.717, 1.165) is 13.2 Å². The zero-order valence-electron chi connectivity index (χ0n) is 13.2. The fourth-order valence-corrected chi connectivity index (χ4v) is 1.19. The van der Waals surface area contributed by atoms with E-state index >= 15 is 0 Å². The van der Waals surface area contributed by atoms with Crippen LogP contribution in [0.1, 0.15) is 20.8 Å². The first kappa shape index (κ1) is 21.7. The third kappa shape index (κ3) is 12.5. The Bertz CT molecular complexity index is 284. The van der Waals surface area contributed by atoms with E-state index in [-0.39, 0.29) is 36.4 Å². The minimum absolute atomic E-state index is 0. The second-order valence-electron chi connectivity index (χ2n) is 4.88. The van der Waals surface area contributed by atoms with Crippen LogP contribution in [0, 0.1) is 5.92 Å². The Labute approximate surface area is 139 Å². The molecule has 0 atom stereocenters. The van der Waals surface area contributed by atoms with Crippen LogP contribution in [0.25, 0.3) is 0 Å². The quantitative estimate of drug-likeness (QED) is 0.275. The van der Waals surface area contributed by atoms with Crippen molar-refractivity contribution in [3.05, 3.63) is 0 Å². The maximum Gasteiger partial charge on any atom is 0.243 e. The number of aliphatic imine (C=N–C) groups is 1. The number of amides is 1. The summed E-state index contributed by atoms with van der Waals surface area (Å²) in [6, 6.07) is 0. The van der Waals surface area contributed by atoms with Crippen molar-refractivity contribution in [1.82, 2.24) is 15.5 Å². The second kappa shape index (κ2) is 13.4. The molecule has 6 nitrogen and oxygen atoms in total. The largest absolute Gasteiger partial charge is 0.379 e. The van der Waals surface area contributed by atoms with Gasteiger partial charge in [0.1, 0.15) is 6.54 Å². The standard InChI is InChI=1S/C13H28N4O2.HI/c1-6-14-13(16-9-12(18)17(4)5)15-7-8-19-10-11(2)3;/h11H,6-10H2,1-5H3,(H2,14,15,16);1H. The Kier molecular flexibility index (Phi) is 14.6. The van der Waals surface area contributed by atoms with Gasteiger partial charge >= 0.3 is 0 Å². The van der Waals surface area contributed by atoms with Crippen LogP contribution in [0.3, 0.4) is 0 Å². The van der Waals surface area contributed by atoms with Gasteiger partial charge in [-0.25, -0.2) is 4.99 Å². The molecular weight excluding hydrogens is 371 g/mol.